The lowest BCUT2D eigenvalue weighted by molar-refractivity contribution is 0.616. The average Bonchev–Trinajstić information content (AvgIpc) is 3.83. The Kier molecular flexibility index (Phi) is 11.1. The molecule has 0 saturated carbocycles. The van der Waals surface area contributed by atoms with Gasteiger partial charge in [-0.25, -0.2) is 0 Å². The van der Waals surface area contributed by atoms with Crippen LogP contribution in [0.2, 0.25) is 0 Å². The normalized spacial score (nSPS) is 12.5. The van der Waals surface area contributed by atoms with E-state index in [1.807, 2.05) is 18.4 Å². The maximum absolute atomic E-state index is 6.05. The molecule has 1 heterocycles. The summed E-state index contributed by atoms with van der Waals surface area (Å²) < 4.78 is 6.05. The van der Waals surface area contributed by atoms with Gasteiger partial charge in [-0.1, -0.05) is 193 Å². The Morgan fingerprint density at radius 1 is 0.379 bits per heavy atom. The van der Waals surface area contributed by atoms with Gasteiger partial charge in [0.1, 0.15) is 11.8 Å². The van der Waals surface area contributed by atoms with Gasteiger partial charge in [0.05, 0.1) is 5.69 Å². The van der Waals surface area contributed by atoms with Gasteiger partial charge in [0, 0.05) is 33.8 Å². The third-order valence-electron chi connectivity index (χ3n) is 13.0. The maximum Gasteiger partial charge on any atom is 0.175 e. The molecule has 0 unspecified atom stereocenters. The Balaban J connectivity index is 1.00. The van der Waals surface area contributed by atoms with Crippen LogP contribution in [0.3, 0.4) is 0 Å². The summed E-state index contributed by atoms with van der Waals surface area (Å²) in [5.74, 6) is 0. The van der Waals surface area contributed by atoms with Crippen molar-refractivity contribution in [1.29, 1.82) is 0 Å². The van der Waals surface area contributed by atoms with Crippen molar-refractivity contribution < 1.29 is 4.42 Å². The van der Waals surface area contributed by atoms with E-state index < -0.39 is 8.07 Å². The fourth-order valence-electron chi connectivity index (χ4n) is 9.86. The Hall–Kier alpha value is -8.18. The first-order chi connectivity index (χ1) is 32.7. The number of furan rings is 1. The van der Waals surface area contributed by atoms with Crippen LogP contribution < -0.4 is 25.4 Å². The first-order valence-corrected chi connectivity index (χ1v) is 24.8. The van der Waals surface area contributed by atoms with Crippen molar-refractivity contribution in [2.24, 2.45) is 0 Å². The van der Waals surface area contributed by atoms with E-state index in [4.69, 9.17) is 4.42 Å². The van der Waals surface area contributed by atoms with Gasteiger partial charge in [-0.2, -0.15) is 0 Å². The quantitative estimate of drug-likeness (QED) is 0.0901. The predicted molar refractivity (Wildman–Crippen MR) is 280 cm³/mol. The second kappa shape index (κ2) is 18.1. The molecule has 1 aromatic heterocycles. The van der Waals surface area contributed by atoms with Gasteiger partial charge < -0.3 is 14.2 Å². The molecule has 0 N–H and O–H groups in total. The first-order valence-electron chi connectivity index (χ1n) is 22.8. The van der Waals surface area contributed by atoms with E-state index in [1.165, 1.54) is 31.9 Å². The SMILES string of the molecule is C1=CCCC([Si](c2ccccc2)(c2ccccc2)c2ccc(N(c3ccc(-c4ccccc4)cc3)c3cccc(-c4ccc(N(c5ccccc5)c5coc6ccccc56)cc4)c3)cc2)=C1. The minimum Gasteiger partial charge on any atom is -0.462 e. The second-order valence-corrected chi connectivity index (χ2v) is 20.7. The van der Waals surface area contributed by atoms with Gasteiger partial charge in [-0.05, 0) is 123 Å². The van der Waals surface area contributed by atoms with Gasteiger partial charge in [0.15, 0.2) is 8.07 Å². The standard InChI is InChI=1S/C62H48N2OSi/c1-6-19-47(20-7-1)48-33-37-52(38-34-48)63(53-41-43-59(44-42-53)66(56-25-10-3-11-26-56,57-27-12-4-13-28-57)58-29-14-5-15-30-58)55-24-18-21-50(45-55)49-35-39-54(40-36-49)64(51-22-8-2-9-23-51)61-46-65-62-32-17-16-31-60(61)62/h1-14,16-29,31-46H,15,30H2. The summed E-state index contributed by atoms with van der Waals surface area (Å²) in [5, 5.41) is 6.79. The summed E-state index contributed by atoms with van der Waals surface area (Å²) in [7, 11) is -2.62. The summed E-state index contributed by atoms with van der Waals surface area (Å²) in [6.07, 6.45) is 10.9. The number of nitrogens with zero attached hydrogens (tertiary/aromatic N) is 2. The van der Waals surface area contributed by atoms with Crippen LogP contribution in [0, 0.1) is 0 Å². The van der Waals surface area contributed by atoms with Gasteiger partial charge in [0.2, 0.25) is 0 Å². The Morgan fingerprint density at radius 3 is 1.47 bits per heavy atom. The zero-order chi connectivity index (χ0) is 44.1. The van der Waals surface area contributed by atoms with Crippen LogP contribution in [0.25, 0.3) is 33.2 Å². The first kappa shape index (κ1) is 40.6. The number of anilines is 6. The highest BCUT2D eigenvalue weighted by Crippen LogP contribution is 2.42. The molecule has 0 aliphatic heterocycles. The molecule has 11 rings (SSSR count). The number of hydrogen-bond donors (Lipinski definition) is 0. The van der Waals surface area contributed by atoms with Crippen LogP contribution in [-0.2, 0) is 0 Å². The van der Waals surface area contributed by atoms with Crippen molar-refractivity contribution in [2.75, 3.05) is 9.80 Å². The zero-order valence-electron chi connectivity index (χ0n) is 36.6. The molecule has 316 valence electrons. The number of benzene rings is 9. The number of allylic oxidation sites excluding steroid dienone is 4. The molecule has 10 aromatic rings. The van der Waals surface area contributed by atoms with Gasteiger partial charge >= 0.3 is 0 Å². The molecule has 0 bridgehead atoms. The molecule has 1 aliphatic rings. The highest BCUT2D eigenvalue weighted by atomic mass is 28.3. The fourth-order valence-corrected chi connectivity index (χ4v) is 14.9. The van der Waals surface area contributed by atoms with Crippen LogP contribution in [0.15, 0.2) is 277 Å². The lowest BCUT2D eigenvalue weighted by atomic mass is 10.0. The molecule has 0 fully saturated rings. The molecular formula is C62H48N2OSi. The van der Waals surface area contributed by atoms with Crippen molar-refractivity contribution in [3.05, 3.63) is 272 Å². The van der Waals surface area contributed by atoms with E-state index in [2.05, 4.69) is 259 Å². The highest BCUT2D eigenvalue weighted by Gasteiger charge is 2.42. The van der Waals surface area contributed by atoms with E-state index in [0.717, 1.165) is 69.1 Å². The number of para-hydroxylation sites is 2. The van der Waals surface area contributed by atoms with Gasteiger partial charge in [-0.3, -0.25) is 0 Å². The Bertz CT molecular complexity index is 3230. The Labute approximate surface area is 388 Å². The summed E-state index contributed by atoms with van der Waals surface area (Å²) in [4.78, 5) is 4.67. The van der Waals surface area contributed by atoms with Gasteiger partial charge in [-0.15, -0.1) is 0 Å². The van der Waals surface area contributed by atoms with Crippen molar-refractivity contribution in [1.82, 2.24) is 0 Å². The average molecular weight is 865 g/mol. The van der Waals surface area contributed by atoms with Crippen LogP contribution >= 0.6 is 0 Å². The molecule has 0 radical (unpaired) electrons. The van der Waals surface area contributed by atoms with Gasteiger partial charge in [0.25, 0.3) is 0 Å². The van der Waals surface area contributed by atoms with Crippen molar-refractivity contribution in [2.45, 2.75) is 12.8 Å². The number of fused-ring (bicyclic) bond motifs is 1. The third-order valence-corrected chi connectivity index (χ3v) is 18.0. The van der Waals surface area contributed by atoms with Crippen molar-refractivity contribution in [3.8, 4) is 22.3 Å². The van der Waals surface area contributed by atoms with E-state index in [0.29, 0.717) is 0 Å². The molecule has 1 aliphatic carbocycles. The third kappa shape index (κ3) is 7.68. The molecule has 66 heavy (non-hydrogen) atoms. The monoisotopic (exact) mass is 864 g/mol. The summed E-state index contributed by atoms with van der Waals surface area (Å²) in [6, 6.07) is 88.1. The Morgan fingerprint density at radius 2 is 0.848 bits per heavy atom. The fraction of sp³-hybridized carbons (Fsp3) is 0.0323. The molecule has 0 spiro atoms. The number of hydrogen-bond acceptors (Lipinski definition) is 3. The summed E-state index contributed by atoms with van der Waals surface area (Å²) in [5.41, 5.74) is 11.9. The van der Waals surface area contributed by atoms with Crippen LogP contribution in [0.5, 0.6) is 0 Å². The minimum absolute atomic E-state index is 0.864. The van der Waals surface area contributed by atoms with Crippen LogP contribution in [0.4, 0.5) is 34.1 Å². The van der Waals surface area contributed by atoms with Crippen LogP contribution in [0.1, 0.15) is 12.8 Å². The number of rotatable bonds is 12. The topological polar surface area (TPSA) is 19.6 Å². The van der Waals surface area contributed by atoms with E-state index in [9.17, 15) is 0 Å². The minimum atomic E-state index is -2.62. The lowest BCUT2D eigenvalue weighted by Gasteiger charge is -2.37. The van der Waals surface area contributed by atoms with Crippen molar-refractivity contribution >= 4 is 68.7 Å². The van der Waals surface area contributed by atoms with Crippen molar-refractivity contribution in [3.63, 3.8) is 0 Å². The molecular weight excluding hydrogens is 817 g/mol. The molecule has 9 aromatic carbocycles. The molecule has 0 atom stereocenters. The smallest absolute Gasteiger partial charge is 0.175 e. The second-order valence-electron chi connectivity index (χ2n) is 16.8. The largest absolute Gasteiger partial charge is 0.462 e. The predicted octanol–water partition coefficient (Wildman–Crippen LogP) is 15.0. The lowest BCUT2D eigenvalue weighted by Crippen LogP contribution is -2.68. The van der Waals surface area contributed by atoms with E-state index >= 15 is 0 Å². The molecule has 0 amide bonds. The highest BCUT2D eigenvalue weighted by molar-refractivity contribution is 7.16. The molecule has 3 nitrogen and oxygen atoms in total. The molecule has 0 saturated heterocycles. The summed E-state index contributed by atoms with van der Waals surface area (Å²) >= 11 is 0. The zero-order valence-corrected chi connectivity index (χ0v) is 37.6. The maximum atomic E-state index is 6.05. The summed E-state index contributed by atoms with van der Waals surface area (Å²) in [6.45, 7) is 0. The van der Waals surface area contributed by atoms with E-state index in [1.54, 1.807) is 0 Å². The molecule has 4 heteroatoms. The van der Waals surface area contributed by atoms with Crippen LogP contribution in [-0.4, -0.2) is 8.07 Å². The van der Waals surface area contributed by atoms with E-state index in [-0.39, 0.29) is 0 Å².